The maximum absolute atomic E-state index is 12.4. The van der Waals surface area contributed by atoms with Crippen LogP contribution in [0, 0.1) is 5.92 Å². The van der Waals surface area contributed by atoms with Crippen LogP contribution in [0.15, 0.2) is 0 Å². The van der Waals surface area contributed by atoms with Crippen molar-refractivity contribution in [2.24, 2.45) is 5.92 Å². The molecule has 0 unspecified atom stereocenters. The van der Waals surface area contributed by atoms with Crippen LogP contribution in [-0.4, -0.2) is 67.6 Å². The molecule has 0 aromatic carbocycles. The molecular weight excluding hydrogens is 286 g/mol. The molecule has 0 aliphatic carbocycles. The lowest BCUT2D eigenvalue weighted by Crippen LogP contribution is -2.55. The van der Waals surface area contributed by atoms with Gasteiger partial charge in [-0.25, -0.2) is 5.48 Å². The molecule has 0 aromatic rings. The van der Waals surface area contributed by atoms with Gasteiger partial charge in [0.05, 0.1) is 19.3 Å². The van der Waals surface area contributed by atoms with Gasteiger partial charge in [0.15, 0.2) is 5.78 Å². The molecule has 0 fully saturated rings. The zero-order valence-corrected chi connectivity index (χ0v) is 14.5. The van der Waals surface area contributed by atoms with E-state index in [2.05, 4.69) is 10.8 Å². The number of aliphatic hydroxyl groups excluding tert-OH is 1. The molecule has 0 heterocycles. The molecule has 1 amide bonds. The molecule has 3 N–H and O–H groups in total. The first-order valence-electron chi connectivity index (χ1n) is 7.67. The number of hydroxylamine groups is 1. The van der Waals surface area contributed by atoms with Crippen molar-refractivity contribution in [1.82, 2.24) is 15.7 Å². The van der Waals surface area contributed by atoms with Crippen LogP contribution in [0.2, 0.25) is 0 Å². The molecule has 0 aromatic heterocycles. The van der Waals surface area contributed by atoms with Crippen LogP contribution in [0.5, 0.6) is 0 Å². The summed E-state index contributed by atoms with van der Waals surface area (Å²) in [5, 5.41) is 13.2. The standard InChI is InChI=1S/C15H31N3O4/c1-7-12(11(3)19)17-15(21)13(18(4)5)14(20)10(2)8-9-16-22-6/h10,12-14,16,20H,7-9H2,1-6H3,(H,17,21)/t10-,12-,13-,14-/m1/s1. The average molecular weight is 317 g/mol. The third-order valence-corrected chi connectivity index (χ3v) is 3.79. The van der Waals surface area contributed by atoms with Gasteiger partial charge in [-0.3, -0.25) is 14.5 Å². The Balaban J connectivity index is 4.82. The smallest absolute Gasteiger partial charge is 0.240 e. The minimum absolute atomic E-state index is 0.0832. The lowest BCUT2D eigenvalue weighted by Gasteiger charge is -2.32. The third kappa shape index (κ3) is 6.83. The van der Waals surface area contributed by atoms with Gasteiger partial charge in [0.25, 0.3) is 0 Å². The number of Topliss-reactive ketones (excluding diaryl/α,β-unsaturated/α-hetero) is 1. The minimum atomic E-state index is -0.835. The summed E-state index contributed by atoms with van der Waals surface area (Å²) in [5.41, 5.74) is 2.72. The maximum Gasteiger partial charge on any atom is 0.240 e. The van der Waals surface area contributed by atoms with E-state index in [0.29, 0.717) is 19.4 Å². The largest absolute Gasteiger partial charge is 0.391 e. The molecule has 4 atom stereocenters. The van der Waals surface area contributed by atoms with E-state index in [0.717, 1.165) is 0 Å². The predicted octanol–water partition coefficient (Wildman–Crippen LogP) is -0.0615. The fraction of sp³-hybridized carbons (Fsp3) is 0.867. The first-order valence-corrected chi connectivity index (χ1v) is 7.67. The van der Waals surface area contributed by atoms with Crippen molar-refractivity contribution in [3.05, 3.63) is 0 Å². The van der Waals surface area contributed by atoms with Crippen molar-refractivity contribution in [2.75, 3.05) is 27.7 Å². The molecule has 0 aliphatic rings. The van der Waals surface area contributed by atoms with Gasteiger partial charge in [0, 0.05) is 6.54 Å². The van der Waals surface area contributed by atoms with E-state index in [9.17, 15) is 14.7 Å². The SMILES string of the molecule is CC[C@@H](NC(=O)[C@@H]([C@H](O)[C@H](C)CCNOC)N(C)C)C(C)=O. The molecule has 0 spiro atoms. The van der Waals surface area contributed by atoms with Crippen molar-refractivity contribution in [2.45, 2.75) is 51.8 Å². The zero-order valence-electron chi connectivity index (χ0n) is 14.5. The van der Waals surface area contributed by atoms with Crippen LogP contribution in [0.4, 0.5) is 0 Å². The molecule has 7 nitrogen and oxygen atoms in total. The van der Waals surface area contributed by atoms with Crippen LogP contribution in [0.1, 0.15) is 33.6 Å². The van der Waals surface area contributed by atoms with Crippen molar-refractivity contribution in [3.63, 3.8) is 0 Å². The first-order chi connectivity index (χ1) is 10.3. The number of rotatable bonds is 11. The normalized spacial score (nSPS) is 16.9. The Morgan fingerprint density at radius 1 is 1.32 bits per heavy atom. The van der Waals surface area contributed by atoms with Crippen molar-refractivity contribution < 1.29 is 19.5 Å². The molecule has 0 radical (unpaired) electrons. The lowest BCUT2D eigenvalue weighted by molar-refractivity contribution is -0.134. The quantitative estimate of drug-likeness (QED) is 0.365. The Hall–Kier alpha value is -1.02. The first kappa shape index (κ1) is 21.0. The Kier molecular flexibility index (Phi) is 10.2. The molecule has 0 bridgehead atoms. The molecule has 0 rings (SSSR count). The van der Waals surface area contributed by atoms with Gasteiger partial charge in [-0.1, -0.05) is 13.8 Å². The molecule has 7 heteroatoms. The highest BCUT2D eigenvalue weighted by Gasteiger charge is 2.33. The maximum atomic E-state index is 12.4. The summed E-state index contributed by atoms with van der Waals surface area (Å²) >= 11 is 0. The Labute approximate surface area is 133 Å². The number of hydrogen-bond donors (Lipinski definition) is 3. The van der Waals surface area contributed by atoms with Crippen molar-refractivity contribution in [1.29, 1.82) is 0 Å². The predicted molar refractivity (Wildman–Crippen MR) is 85.2 cm³/mol. The Morgan fingerprint density at radius 2 is 1.91 bits per heavy atom. The van der Waals surface area contributed by atoms with E-state index in [1.54, 1.807) is 19.0 Å². The monoisotopic (exact) mass is 317 g/mol. The highest BCUT2D eigenvalue weighted by atomic mass is 16.6. The van der Waals surface area contributed by atoms with Crippen molar-refractivity contribution in [3.8, 4) is 0 Å². The summed E-state index contributed by atoms with van der Waals surface area (Å²) in [7, 11) is 5.01. The molecule has 0 aliphatic heterocycles. The number of likely N-dealkylation sites (N-methyl/N-ethyl adjacent to an activating group) is 1. The van der Waals surface area contributed by atoms with Crippen molar-refractivity contribution >= 4 is 11.7 Å². The number of ketones is 1. The molecule has 0 saturated heterocycles. The van der Waals surface area contributed by atoms with Crippen LogP contribution < -0.4 is 10.8 Å². The number of carbonyl (C=O) groups excluding carboxylic acids is 2. The summed E-state index contributed by atoms with van der Waals surface area (Å²) in [6.45, 7) is 5.76. The summed E-state index contributed by atoms with van der Waals surface area (Å²) in [6.07, 6.45) is 0.361. The van der Waals surface area contributed by atoms with Gasteiger partial charge in [-0.05, 0) is 39.8 Å². The summed E-state index contributed by atoms with van der Waals surface area (Å²) < 4.78 is 0. The van der Waals surface area contributed by atoms with Gasteiger partial charge in [0.1, 0.15) is 6.04 Å². The summed E-state index contributed by atoms with van der Waals surface area (Å²) in [6, 6.07) is -1.21. The second-order valence-corrected chi connectivity index (χ2v) is 5.84. The van der Waals surface area contributed by atoms with Crippen LogP contribution in [0.3, 0.4) is 0 Å². The molecular formula is C15H31N3O4. The summed E-state index contributed by atoms with van der Waals surface area (Å²) in [5.74, 6) is -0.510. The van der Waals surface area contributed by atoms with E-state index in [1.165, 1.54) is 14.0 Å². The number of amides is 1. The number of nitrogens with zero attached hydrogens (tertiary/aromatic N) is 1. The van der Waals surface area contributed by atoms with Crippen LogP contribution in [0.25, 0.3) is 0 Å². The van der Waals surface area contributed by atoms with E-state index < -0.39 is 18.2 Å². The van der Waals surface area contributed by atoms with Crippen LogP contribution in [-0.2, 0) is 14.4 Å². The molecule has 0 saturated carbocycles. The fourth-order valence-electron chi connectivity index (χ4n) is 2.31. The third-order valence-electron chi connectivity index (χ3n) is 3.79. The number of nitrogens with one attached hydrogen (secondary N) is 2. The highest BCUT2D eigenvalue weighted by molar-refractivity contribution is 5.89. The average Bonchev–Trinajstić information content (AvgIpc) is 2.44. The second-order valence-electron chi connectivity index (χ2n) is 5.84. The van der Waals surface area contributed by atoms with Gasteiger partial charge >= 0.3 is 0 Å². The molecule has 22 heavy (non-hydrogen) atoms. The van der Waals surface area contributed by atoms with E-state index >= 15 is 0 Å². The lowest BCUT2D eigenvalue weighted by atomic mass is 9.93. The molecule has 130 valence electrons. The summed E-state index contributed by atoms with van der Waals surface area (Å²) in [4.78, 5) is 30.3. The second kappa shape index (κ2) is 10.7. The number of aliphatic hydroxyl groups is 1. The Morgan fingerprint density at radius 3 is 2.32 bits per heavy atom. The van der Waals surface area contributed by atoms with E-state index in [-0.39, 0.29) is 17.6 Å². The fourth-order valence-corrected chi connectivity index (χ4v) is 2.31. The number of carbonyl (C=O) groups is 2. The van der Waals surface area contributed by atoms with Crippen LogP contribution >= 0.6 is 0 Å². The van der Waals surface area contributed by atoms with E-state index in [4.69, 9.17) is 4.84 Å². The van der Waals surface area contributed by atoms with Gasteiger partial charge in [-0.15, -0.1) is 0 Å². The van der Waals surface area contributed by atoms with Gasteiger partial charge in [-0.2, -0.15) is 0 Å². The topological polar surface area (TPSA) is 90.9 Å². The highest BCUT2D eigenvalue weighted by Crippen LogP contribution is 2.15. The minimum Gasteiger partial charge on any atom is -0.391 e. The van der Waals surface area contributed by atoms with E-state index in [1.807, 2.05) is 13.8 Å². The number of hydrogen-bond acceptors (Lipinski definition) is 6. The Bertz CT molecular complexity index is 350. The van der Waals surface area contributed by atoms with Gasteiger partial charge < -0.3 is 15.3 Å². The zero-order chi connectivity index (χ0) is 17.3. The van der Waals surface area contributed by atoms with Gasteiger partial charge in [0.2, 0.25) is 5.91 Å².